The molecule has 0 saturated heterocycles. The number of benzene rings is 1. The van der Waals surface area contributed by atoms with Gasteiger partial charge in [0, 0.05) is 31.7 Å². The van der Waals surface area contributed by atoms with Gasteiger partial charge in [0.15, 0.2) is 5.65 Å². The van der Waals surface area contributed by atoms with Crippen LogP contribution in [0, 0.1) is 12.5 Å². The normalized spacial score (nSPS) is 11.8. The standard InChI is InChI=1S/C14H12F2N5.Hf/c1-9(10-2-4-11(16)5-3-10)17-12-6-7-13-18-19-14(8-15)21(13)20-12;/h2-9H,1H3,(H,17,20);/q-1;/t9-;/m1./s1. The molecule has 2 heterocycles. The van der Waals surface area contributed by atoms with Crippen LogP contribution in [0.1, 0.15) is 24.4 Å². The van der Waals surface area contributed by atoms with E-state index in [-0.39, 0.29) is 43.5 Å². The van der Waals surface area contributed by atoms with Gasteiger partial charge in [-0.1, -0.05) is 12.1 Å². The Hall–Kier alpha value is -1.83. The number of anilines is 1. The van der Waals surface area contributed by atoms with Crippen molar-refractivity contribution in [2.45, 2.75) is 13.0 Å². The molecular weight excluding hydrogens is 455 g/mol. The first kappa shape index (κ1) is 16.5. The first-order valence-corrected chi connectivity index (χ1v) is 6.35. The second-order valence-corrected chi connectivity index (χ2v) is 4.57. The molecule has 0 saturated carbocycles. The van der Waals surface area contributed by atoms with E-state index in [1.807, 2.05) is 6.92 Å². The predicted molar refractivity (Wildman–Crippen MR) is 73.7 cm³/mol. The summed E-state index contributed by atoms with van der Waals surface area (Å²) in [6.45, 7) is 2.27. The van der Waals surface area contributed by atoms with Crippen molar-refractivity contribution in [3.05, 3.63) is 60.3 Å². The van der Waals surface area contributed by atoms with E-state index in [1.165, 1.54) is 16.6 Å². The summed E-state index contributed by atoms with van der Waals surface area (Å²) >= 11 is 0. The Labute approximate surface area is 144 Å². The van der Waals surface area contributed by atoms with Crippen molar-refractivity contribution in [3.63, 3.8) is 0 Å². The van der Waals surface area contributed by atoms with Crippen LogP contribution in [0.3, 0.4) is 0 Å². The Balaban J connectivity index is 0.00000176. The number of rotatable bonds is 4. The third-order valence-electron chi connectivity index (χ3n) is 3.12. The first-order chi connectivity index (χ1) is 10.2. The van der Waals surface area contributed by atoms with E-state index in [9.17, 15) is 8.78 Å². The summed E-state index contributed by atoms with van der Waals surface area (Å²) in [5.41, 5.74) is 1.37. The monoisotopic (exact) mass is 468 g/mol. The van der Waals surface area contributed by atoms with Crippen LogP contribution in [-0.2, 0) is 25.8 Å². The molecule has 1 aromatic carbocycles. The molecule has 0 amide bonds. The van der Waals surface area contributed by atoms with E-state index in [4.69, 9.17) is 0 Å². The van der Waals surface area contributed by atoms with Gasteiger partial charge < -0.3 is 9.71 Å². The van der Waals surface area contributed by atoms with Crippen molar-refractivity contribution in [3.8, 4) is 0 Å². The molecule has 1 N–H and O–H groups in total. The second kappa shape index (κ2) is 6.95. The summed E-state index contributed by atoms with van der Waals surface area (Å²) in [5, 5.41) is 14.8. The molecule has 0 aliphatic carbocycles. The number of hydrogen-bond donors (Lipinski definition) is 1. The van der Waals surface area contributed by atoms with Crippen molar-refractivity contribution in [2.75, 3.05) is 5.32 Å². The molecule has 3 rings (SSSR count). The summed E-state index contributed by atoms with van der Waals surface area (Å²) in [4.78, 5) is 0. The number of hydrogen-bond acceptors (Lipinski definition) is 4. The van der Waals surface area contributed by atoms with E-state index in [0.717, 1.165) is 5.56 Å². The van der Waals surface area contributed by atoms with Crippen LogP contribution in [0.25, 0.3) is 5.65 Å². The number of nitrogens with one attached hydrogen (secondary N) is 1. The Morgan fingerprint density at radius 1 is 1.14 bits per heavy atom. The molecule has 0 unspecified atom stereocenters. The Bertz CT molecular complexity index is 760. The van der Waals surface area contributed by atoms with E-state index in [0.29, 0.717) is 18.1 Å². The van der Waals surface area contributed by atoms with Crippen LogP contribution >= 0.6 is 0 Å². The van der Waals surface area contributed by atoms with Crippen molar-refractivity contribution in [1.82, 2.24) is 19.8 Å². The quantitative estimate of drug-likeness (QED) is 0.474. The summed E-state index contributed by atoms with van der Waals surface area (Å²) in [5.74, 6) is 0.295. The average Bonchev–Trinajstić information content (AvgIpc) is 2.90. The van der Waals surface area contributed by atoms with Crippen LogP contribution < -0.4 is 5.32 Å². The van der Waals surface area contributed by atoms with Gasteiger partial charge in [-0.3, -0.25) is 0 Å². The molecule has 5 nitrogen and oxygen atoms in total. The topological polar surface area (TPSA) is 55.1 Å². The van der Waals surface area contributed by atoms with Crippen molar-refractivity contribution >= 4 is 11.5 Å². The molecule has 8 heteroatoms. The van der Waals surface area contributed by atoms with Gasteiger partial charge in [-0.2, -0.15) is 11.8 Å². The molecule has 22 heavy (non-hydrogen) atoms. The summed E-state index contributed by atoms with van der Waals surface area (Å²) in [7, 11) is 0. The number of nitrogens with zero attached hydrogens (tertiary/aromatic N) is 4. The van der Waals surface area contributed by atoms with E-state index >= 15 is 0 Å². The summed E-state index contributed by atoms with van der Waals surface area (Å²) in [6, 6.07) is 9.54. The molecule has 0 radical (unpaired) electrons. The molecule has 0 fully saturated rings. The number of aromatic nitrogens is 4. The fraction of sp³-hybridized carbons (Fsp3) is 0.143. The van der Waals surface area contributed by atoms with E-state index < -0.39 is 0 Å². The van der Waals surface area contributed by atoms with Crippen molar-refractivity contribution < 1.29 is 34.6 Å². The van der Waals surface area contributed by atoms with Crippen molar-refractivity contribution in [2.24, 2.45) is 0 Å². The third kappa shape index (κ3) is 3.32. The molecule has 3 aromatic rings. The Morgan fingerprint density at radius 2 is 1.86 bits per heavy atom. The third-order valence-corrected chi connectivity index (χ3v) is 3.12. The molecule has 1 atom stereocenters. The van der Waals surface area contributed by atoms with Gasteiger partial charge >= 0.3 is 0 Å². The van der Waals surface area contributed by atoms with Crippen LogP contribution in [0.15, 0.2) is 36.4 Å². The van der Waals surface area contributed by atoms with Gasteiger partial charge in [0.1, 0.15) is 11.6 Å². The SMILES string of the molecule is C[C@@H](Nc1ccc2nnc([CH-]F)n2n1)c1ccc(F)cc1.[Hf]. The van der Waals surface area contributed by atoms with Crippen LogP contribution in [0.4, 0.5) is 14.6 Å². The minimum Gasteiger partial charge on any atom is -0.429 e. The Kier molecular flexibility index (Phi) is 5.23. The summed E-state index contributed by atoms with van der Waals surface area (Å²) in [6.07, 6.45) is 0. The Morgan fingerprint density at radius 3 is 2.55 bits per heavy atom. The van der Waals surface area contributed by atoms with Gasteiger partial charge in [0.25, 0.3) is 0 Å². The van der Waals surface area contributed by atoms with Gasteiger partial charge in [-0.15, -0.1) is 10.2 Å². The maximum atomic E-state index is 12.9. The molecule has 0 bridgehead atoms. The zero-order valence-electron chi connectivity index (χ0n) is 11.7. The predicted octanol–water partition coefficient (Wildman–Crippen LogP) is 2.91. The molecule has 0 spiro atoms. The maximum Gasteiger partial charge on any atom is 0.175 e. The van der Waals surface area contributed by atoms with Gasteiger partial charge in [0.2, 0.25) is 0 Å². The zero-order valence-corrected chi connectivity index (χ0v) is 15.3. The molecule has 112 valence electrons. The fourth-order valence-electron chi connectivity index (χ4n) is 2.01. The van der Waals surface area contributed by atoms with Crippen LogP contribution in [0.5, 0.6) is 0 Å². The van der Waals surface area contributed by atoms with Crippen LogP contribution in [-0.4, -0.2) is 19.8 Å². The fourth-order valence-corrected chi connectivity index (χ4v) is 2.01. The first-order valence-electron chi connectivity index (χ1n) is 6.35. The number of fused-ring (bicyclic) bond motifs is 1. The van der Waals surface area contributed by atoms with Crippen LogP contribution in [0.2, 0.25) is 0 Å². The minimum atomic E-state index is -0.280. The maximum absolute atomic E-state index is 12.9. The van der Waals surface area contributed by atoms with E-state index in [1.54, 1.807) is 24.3 Å². The van der Waals surface area contributed by atoms with Crippen molar-refractivity contribution in [1.29, 1.82) is 0 Å². The minimum absolute atomic E-state index is 0. The van der Waals surface area contributed by atoms with Gasteiger partial charge in [-0.25, -0.2) is 8.91 Å². The van der Waals surface area contributed by atoms with Gasteiger partial charge in [-0.05, 0) is 36.8 Å². The molecular formula is C14H12F2HfN5-. The molecule has 2 aromatic heterocycles. The second-order valence-electron chi connectivity index (χ2n) is 4.57. The molecule has 0 aliphatic rings. The largest absolute Gasteiger partial charge is 0.429 e. The summed E-state index contributed by atoms with van der Waals surface area (Å²) < 4.78 is 26.9. The average molecular weight is 467 g/mol. The smallest absolute Gasteiger partial charge is 0.175 e. The van der Waals surface area contributed by atoms with Gasteiger partial charge in [0.05, 0.1) is 6.04 Å². The zero-order chi connectivity index (χ0) is 14.8. The van der Waals surface area contributed by atoms with E-state index in [2.05, 4.69) is 20.6 Å². The molecule has 0 aliphatic heterocycles. The number of halogens is 2.